The van der Waals surface area contributed by atoms with Gasteiger partial charge in [0.15, 0.2) is 0 Å². The normalized spacial score (nSPS) is 10.0. The van der Waals surface area contributed by atoms with Gasteiger partial charge in [-0.05, 0) is 11.6 Å². The van der Waals surface area contributed by atoms with Gasteiger partial charge >= 0.3 is 0 Å². The highest BCUT2D eigenvalue weighted by molar-refractivity contribution is 5.17. The summed E-state index contributed by atoms with van der Waals surface area (Å²) in [5.74, 6) is 1.00. The summed E-state index contributed by atoms with van der Waals surface area (Å²) in [6.45, 7) is 0. The van der Waals surface area contributed by atoms with Crippen molar-refractivity contribution < 1.29 is 0 Å². The molecule has 0 aliphatic rings. The lowest BCUT2D eigenvalue weighted by Gasteiger charge is -1.95. The van der Waals surface area contributed by atoms with Crippen molar-refractivity contribution in [1.29, 1.82) is 0 Å². The molecule has 59 valence electrons. The molecular weight excluding hydrogens is 148 g/mol. The number of nitrogens with zero attached hydrogens (tertiary/aromatic N) is 1. The molecule has 0 fully saturated rings. The summed E-state index contributed by atoms with van der Waals surface area (Å²) in [5, 5.41) is 0. The topological polar surface area (TPSA) is 28.7 Å². The lowest BCUT2D eigenvalue weighted by molar-refractivity contribution is 1.03. The van der Waals surface area contributed by atoms with E-state index in [0.29, 0.717) is 0 Å². The fraction of sp³-hybridized carbons (Fsp3) is 0.100. The van der Waals surface area contributed by atoms with Crippen LogP contribution in [-0.2, 0) is 6.42 Å². The first-order valence-corrected chi connectivity index (χ1v) is 3.88. The molecule has 0 spiro atoms. The maximum Gasteiger partial charge on any atom is 0.110 e. The Bertz CT molecular complexity index is 324. The highest BCUT2D eigenvalue weighted by Crippen LogP contribution is 2.03. The second-order valence-electron chi connectivity index (χ2n) is 2.62. The highest BCUT2D eigenvalue weighted by Gasteiger charge is 1.95. The summed E-state index contributed by atoms with van der Waals surface area (Å²) in [6.07, 6.45) is 4.47. The molecule has 1 aromatic heterocycles. The molecule has 0 atom stereocenters. The lowest BCUT2D eigenvalue weighted by Crippen LogP contribution is -1.89. The number of hydrogen-bond donors (Lipinski definition) is 1. The molecule has 0 aliphatic heterocycles. The van der Waals surface area contributed by atoms with Gasteiger partial charge in [-0.2, -0.15) is 0 Å². The van der Waals surface area contributed by atoms with Gasteiger partial charge in [-0.25, -0.2) is 4.98 Å². The molecule has 1 aromatic carbocycles. The third-order valence-electron chi connectivity index (χ3n) is 1.71. The zero-order valence-corrected chi connectivity index (χ0v) is 6.62. The van der Waals surface area contributed by atoms with Crippen LogP contribution in [0.5, 0.6) is 0 Å². The van der Waals surface area contributed by atoms with Gasteiger partial charge in [0.25, 0.3) is 0 Å². The second-order valence-corrected chi connectivity index (χ2v) is 2.62. The van der Waals surface area contributed by atoms with Crippen LogP contribution in [0, 0.1) is 6.07 Å². The smallest absolute Gasteiger partial charge is 0.110 e. The number of aromatic amines is 1. The minimum Gasteiger partial charge on any atom is -0.348 e. The number of H-pyrrole nitrogens is 1. The minimum absolute atomic E-state index is 0.863. The molecule has 12 heavy (non-hydrogen) atoms. The van der Waals surface area contributed by atoms with Crippen molar-refractivity contribution in [3.63, 3.8) is 0 Å². The minimum atomic E-state index is 0.863. The summed E-state index contributed by atoms with van der Waals surface area (Å²) < 4.78 is 0. The Kier molecular flexibility index (Phi) is 1.90. The van der Waals surface area contributed by atoms with E-state index in [1.54, 1.807) is 6.20 Å². The standard InChI is InChI=1S/C10H9N2/c1-2-4-9(5-3-1)8-10-11-6-7-12-10/h2-7H,8H2,(H,11,12). The predicted molar refractivity (Wildman–Crippen MR) is 46.7 cm³/mol. The largest absolute Gasteiger partial charge is 0.348 e. The number of imidazole rings is 1. The average molecular weight is 157 g/mol. The highest BCUT2D eigenvalue weighted by atomic mass is 14.9. The van der Waals surface area contributed by atoms with Crippen LogP contribution >= 0.6 is 0 Å². The summed E-state index contributed by atoms with van der Waals surface area (Å²) in [7, 11) is 0. The van der Waals surface area contributed by atoms with E-state index < -0.39 is 0 Å². The number of hydrogen-bond acceptors (Lipinski definition) is 1. The zero-order valence-electron chi connectivity index (χ0n) is 6.62. The van der Waals surface area contributed by atoms with Gasteiger partial charge in [-0.15, -0.1) is 0 Å². The first kappa shape index (κ1) is 7.10. The Morgan fingerprint density at radius 3 is 2.83 bits per heavy atom. The van der Waals surface area contributed by atoms with Gasteiger partial charge in [0.2, 0.25) is 0 Å². The number of rotatable bonds is 2. The van der Waals surface area contributed by atoms with Gasteiger partial charge in [0.1, 0.15) is 5.82 Å². The van der Waals surface area contributed by atoms with Crippen LogP contribution in [-0.4, -0.2) is 9.97 Å². The molecular formula is C10H9N2. The van der Waals surface area contributed by atoms with E-state index in [0.717, 1.165) is 12.2 Å². The summed E-state index contributed by atoms with van der Waals surface area (Å²) in [5.41, 5.74) is 1.25. The zero-order chi connectivity index (χ0) is 8.23. The summed E-state index contributed by atoms with van der Waals surface area (Å²) >= 11 is 0. The molecule has 0 aliphatic carbocycles. The van der Waals surface area contributed by atoms with Crippen LogP contribution < -0.4 is 0 Å². The van der Waals surface area contributed by atoms with Crippen molar-refractivity contribution in [3.8, 4) is 0 Å². The van der Waals surface area contributed by atoms with Crippen molar-refractivity contribution in [2.75, 3.05) is 0 Å². The molecule has 1 N–H and O–H groups in total. The van der Waals surface area contributed by atoms with Gasteiger partial charge in [-0.3, -0.25) is 0 Å². The third kappa shape index (κ3) is 1.53. The van der Waals surface area contributed by atoms with Gasteiger partial charge in [-0.1, -0.05) is 24.3 Å². The van der Waals surface area contributed by atoms with Crippen molar-refractivity contribution in [3.05, 3.63) is 54.1 Å². The van der Waals surface area contributed by atoms with Crippen LogP contribution in [0.25, 0.3) is 0 Å². The molecule has 2 aromatic rings. The van der Waals surface area contributed by atoms with E-state index in [1.807, 2.05) is 30.5 Å². The number of nitrogens with one attached hydrogen (secondary N) is 1. The molecule has 0 unspecified atom stereocenters. The van der Waals surface area contributed by atoms with E-state index in [1.165, 1.54) is 5.56 Å². The molecule has 1 radical (unpaired) electrons. The molecule has 0 bridgehead atoms. The second kappa shape index (κ2) is 3.22. The van der Waals surface area contributed by atoms with Crippen molar-refractivity contribution in [1.82, 2.24) is 9.97 Å². The maximum atomic E-state index is 4.15. The van der Waals surface area contributed by atoms with Gasteiger partial charge < -0.3 is 4.98 Å². The van der Waals surface area contributed by atoms with E-state index in [9.17, 15) is 0 Å². The SMILES string of the molecule is [c]1ccc(Cc2ncc[nH]2)cc1. The Morgan fingerprint density at radius 1 is 1.33 bits per heavy atom. The summed E-state index contributed by atoms with van der Waals surface area (Å²) in [4.78, 5) is 7.21. The van der Waals surface area contributed by atoms with Crippen molar-refractivity contribution >= 4 is 0 Å². The lowest BCUT2D eigenvalue weighted by atomic mass is 10.1. The molecule has 0 saturated heterocycles. The quantitative estimate of drug-likeness (QED) is 0.707. The average Bonchev–Trinajstić information content (AvgIpc) is 2.59. The van der Waals surface area contributed by atoms with Gasteiger partial charge in [0.05, 0.1) is 0 Å². The Hall–Kier alpha value is -1.57. The van der Waals surface area contributed by atoms with Gasteiger partial charge in [0, 0.05) is 18.8 Å². The number of benzene rings is 1. The monoisotopic (exact) mass is 157 g/mol. The van der Waals surface area contributed by atoms with Crippen LogP contribution in [0.4, 0.5) is 0 Å². The van der Waals surface area contributed by atoms with Crippen molar-refractivity contribution in [2.45, 2.75) is 6.42 Å². The van der Waals surface area contributed by atoms with E-state index >= 15 is 0 Å². The van der Waals surface area contributed by atoms with Crippen LogP contribution in [0.3, 0.4) is 0 Å². The Labute approximate surface area is 71.3 Å². The molecule has 0 saturated carbocycles. The molecule has 0 amide bonds. The van der Waals surface area contributed by atoms with Crippen molar-refractivity contribution in [2.24, 2.45) is 0 Å². The molecule has 1 heterocycles. The Balaban J connectivity index is 2.15. The van der Waals surface area contributed by atoms with E-state index in [4.69, 9.17) is 0 Å². The molecule has 2 heteroatoms. The van der Waals surface area contributed by atoms with Crippen LogP contribution in [0.2, 0.25) is 0 Å². The first-order chi connectivity index (χ1) is 5.95. The first-order valence-electron chi connectivity index (χ1n) is 3.88. The molecule has 2 nitrogen and oxygen atoms in total. The number of aromatic nitrogens is 2. The fourth-order valence-corrected chi connectivity index (χ4v) is 1.13. The van der Waals surface area contributed by atoms with Crippen LogP contribution in [0.15, 0.2) is 36.7 Å². The van der Waals surface area contributed by atoms with E-state index in [2.05, 4.69) is 16.0 Å². The third-order valence-corrected chi connectivity index (χ3v) is 1.71. The van der Waals surface area contributed by atoms with Crippen LogP contribution in [0.1, 0.15) is 11.4 Å². The molecule has 2 rings (SSSR count). The predicted octanol–water partition coefficient (Wildman–Crippen LogP) is 1.80. The Morgan fingerprint density at radius 2 is 2.17 bits per heavy atom. The van der Waals surface area contributed by atoms with E-state index in [-0.39, 0.29) is 0 Å². The summed E-state index contributed by atoms with van der Waals surface area (Å²) in [6, 6.07) is 10.9. The fourth-order valence-electron chi connectivity index (χ4n) is 1.13. The maximum absolute atomic E-state index is 4.15.